The first-order valence-electron chi connectivity index (χ1n) is 4.48. The van der Waals surface area contributed by atoms with Gasteiger partial charge in [0.25, 0.3) is 0 Å². The predicted molar refractivity (Wildman–Crippen MR) is 52.4 cm³/mol. The molecule has 0 spiro atoms. The quantitative estimate of drug-likeness (QED) is 0.732. The largest absolute Gasteiger partial charge is 0.370 e. The van der Waals surface area contributed by atoms with Gasteiger partial charge in [0, 0.05) is 12.6 Å². The molecule has 0 saturated heterocycles. The molecule has 0 aliphatic carbocycles. The van der Waals surface area contributed by atoms with E-state index < -0.39 is 0 Å². The summed E-state index contributed by atoms with van der Waals surface area (Å²) in [4.78, 5) is 15.2. The van der Waals surface area contributed by atoms with Gasteiger partial charge in [0.05, 0.1) is 0 Å². The minimum atomic E-state index is -0.269. The Morgan fingerprint density at radius 2 is 2.50 bits per heavy atom. The Balaban J connectivity index is 2.37. The van der Waals surface area contributed by atoms with Crippen LogP contribution in [0.2, 0.25) is 0 Å². The molecule has 0 aliphatic rings. The van der Waals surface area contributed by atoms with Crippen LogP contribution < -0.4 is 11.0 Å². The Labute approximate surface area is 80.0 Å². The first kappa shape index (κ1) is 8.74. The van der Waals surface area contributed by atoms with Crippen LogP contribution in [0.3, 0.4) is 0 Å². The van der Waals surface area contributed by atoms with Crippen molar-refractivity contribution < 1.29 is 0 Å². The van der Waals surface area contributed by atoms with Crippen molar-refractivity contribution in [2.45, 2.75) is 13.3 Å². The monoisotopic (exact) mass is 193 g/mol. The Kier molecular flexibility index (Phi) is 2.18. The molecule has 2 aromatic rings. The van der Waals surface area contributed by atoms with Gasteiger partial charge in [-0.05, 0) is 6.42 Å². The van der Waals surface area contributed by atoms with Crippen LogP contribution in [0.4, 0.5) is 5.82 Å². The lowest BCUT2D eigenvalue weighted by Crippen LogP contribution is -2.10. The van der Waals surface area contributed by atoms with Crippen molar-refractivity contribution >= 4 is 11.5 Å². The van der Waals surface area contributed by atoms with Crippen molar-refractivity contribution in [1.82, 2.24) is 19.6 Å². The third-order valence-corrected chi connectivity index (χ3v) is 1.87. The van der Waals surface area contributed by atoms with Gasteiger partial charge in [-0.3, -0.25) is 0 Å². The van der Waals surface area contributed by atoms with Crippen molar-refractivity contribution in [3.8, 4) is 0 Å². The topological polar surface area (TPSA) is 75.1 Å². The van der Waals surface area contributed by atoms with Crippen molar-refractivity contribution in [3.05, 3.63) is 22.9 Å². The van der Waals surface area contributed by atoms with Gasteiger partial charge >= 0.3 is 5.69 Å². The standard InChI is InChI=1S/C8H11N5O/c1-2-3-9-6-4-7-11-12-8(14)13(7)5-10-6/h4-5,9H,2-3H2,1H3,(H,12,14). The number of rotatable bonds is 3. The number of nitrogens with zero attached hydrogens (tertiary/aromatic N) is 3. The van der Waals surface area contributed by atoms with Gasteiger partial charge in [0.15, 0.2) is 5.65 Å². The molecule has 74 valence electrons. The van der Waals surface area contributed by atoms with Crippen LogP contribution in [0.1, 0.15) is 13.3 Å². The van der Waals surface area contributed by atoms with Crippen LogP contribution >= 0.6 is 0 Å². The molecule has 0 amide bonds. The number of nitrogens with one attached hydrogen (secondary N) is 2. The van der Waals surface area contributed by atoms with Gasteiger partial charge in [-0.1, -0.05) is 6.92 Å². The van der Waals surface area contributed by atoms with E-state index in [1.165, 1.54) is 10.7 Å². The Morgan fingerprint density at radius 1 is 1.64 bits per heavy atom. The maximum atomic E-state index is 11.1. The highest BCUT2D eigenvalue weighted by atomic mass is 16.1. The minimum absolute atomic E-state index is 0.269. The fourth-order valence-electron chi connectivity index (χ4n) is 1.16. The predicted octanol–water partition coefficient (Wildman–Crippen LogP) is 0.239. The molecular formula is C8H11N5O. The first-order valence-corrected chi connectivity index (χ1v) is 4.48. The molecule has 0 aliphatic heterocycles. The van der Waals surface area contributed by atoms with Crippen LogP contribution in [0.25, 0.3) is 5.65 Å². The molecule has 0 fully saturated rings. The lowest BCUT2D eigenvalue weighted by molar-refractivity contribution is 0.954. The van der Waals surface area contributed by atoms with Crippen molar-refractivity contribution in [3.63, 3.8) is 0 Å². The highest BCUT2D eigenvalue weighted by Crippen LogP contribution is 2.03. The average molecular weight is 193 g/mol. The number of aromatic nitrogens is 4. The van der Waals surface area contributed by atoms with Crippen molar-refractivity contribution in [1.29, 1.82) is 0 Å². The van der Waals surface area contributed by atoms with E-state index >= 15 is 0 Å². The van der Waals surface area contributed by atoms with E-state index in [2.05, 4.69) is 27.4 Å². The maximum absolute atomic E-state index is 11.1. The summed E-state index contributed by atoms with van der Waals surface area (Å²) in [6.07, 6.45) is 2.49. The molecule has 0 radical (unpaired) electrons. The van der Waals surface area contributed by atoms with Gasteiger partial charge in [-0.2, -0.15) is 5.10 Å². The molecule has 6 nitrogen and oxygen atoms in total. The Morgan fingerprint density at radius 3 is 3.29 bits per heavy atom. The first-order chi connectivity index (χ1) is 6.81. The fraction of sp³-hybridized carbons (Fsp3) is 0.375. The number of hydrogen-bond donors (Lipinski definition) is 2. The second-order valence-electron chi connectivity index (χ2n) is 2.96. The van der Waals surface area contributed by atoms with E-state index in [0.717, 1.165) is 18.8 Å². The fourth-order valence-corrected chi connectivity index (χ4v) is 1.16. The average Bonchev–Trinajstić information content (AvgIpc) is 2.57. The van der Waals surface area contributed by atoms with Crippen LogP contribution in [0.5, 0.6) is 0 Å². The highest BCUT2D eigenvalue weighted by Gasteiger charge is 2.00. The zero-order chi connectivity index (χ0) is 9.97. The van der Waals surface area contributed by atoms with E-state index in [4.69, 9.17) is 0 Å². The minimum Gasteiger partial charge on any atom is -0.370 e. The number of anilines is 1. The molecule has 14 heavy (non-hydrogen) atoms. The normalized spacial score (nSPS) is 10.6. The summed E-state index contributed by atoms with van der Waals surface area (Å²) < 4.78 is 1.36. The number of H-pyrrole nitrogens is 1. The zero-order valence-corrected chi connectivity index (χ0v) is 7.82. The number of hydrogen-bond acceptors (Lipinski definition) is 4. The van der Waals surface area contributed by atoms with Crippen LogP contribution in [0, 0.1) is 0 Å². The summed E-state index contributed by atoms with van der Waals surface area (Å²) in [6, 6.07) is 1.73. The lowest BCUT2D eigenvalue weighted by Gasteiger charge is -2.01. The second-order valence-corrected chi connectivity index (χ2v) is 2.96. The van der Waals surface area contributed by atoms with Gasteiger partial charge in [-0.15, -0.1) is 0 Å². The van der Waals surface area contributed by atoms with E-state index in [1.54, 1.807) is 6.07 Å². The van der Waals surface area contributed by atoms with Crippen molar-refractivity contribution in [2.75, 3.05) is 11.9 Å². The van der Waals surface area contributed by atoms with E-state index in [1.807, 2.05) is 0 Å². The second kappa shape index (κ2) is 3.49. The van der Waals surface area contributed by atoms with Gasteiger partial charge in [0.1, 0.15) is 12.1 Å². The molecule has 0 saturated carbocycles. The van der Waals surface area contributed by atoms with Crippen molar-refractivity contribution in [2.24, 2.45) is 0 Å². The maximum Gasteiger partial charge on any atom is 0.348 e. The SMILES string of the molecule is CCCNc1cc2n[nH]c(=O)n2cn1. The molecule has 2 heterocycles. The summed E-state index contributed by atoms with van der Waals surface area (Å²) in [5.74, 6) is 0.735. The highest BCUT2D eigenvalue weighted by molar-refractivity contribution is 5.48. The molecule has 0 atom stereocenters. The summed E-state index contributed by atoms with van der Waals surface area (Å²) in [7, 11) is 0. The number of aromatic amines is 1. The smallest absolute Gasteiger partial charge is 0.348 e. The van der Waals surface area contributed by atoms with E-state index in [9.17, 15) is 4.79 Å². The van der Waals surface area contributed by atoms with E-state index in [-0.39, 0.29) is 5.69 Å². The summed E-state index contributed by atoms with van der Waals surface area (Å²) >= 11 is 0. The molecule has 0 bridgehead atoms. The zero-order valence-electron chi connectivity index (χ0n) is 7.82. The Hall–Kier alpha value is -1.85. The molecule has 0 aromatic carbocycles. The molecule has 0 unspecified atom stereocenters. The summed E-state index contributed by atoms with van der Waals surface area (Å²) in [5, 5.41) is 9.30. The van der Waals surface area contributed by atoms with Gasteiger partial charge in [0.2, 0.25) is 0 Å². The molecular weight excluding hydrogens is 182 g/mol. The summed E-state index contributed by atoms with van der Waals surface area (Å²) in [5.41, 5.74) is 0.304. The molecule has 2 rings (SSSR count). The third kappa shape index (κ3) is 1.46. The molecule has 6 heteroatoms. The van der Waals surface area contributed by atoms with Crippen LogP contribution in [-0.4, -0.2) is 26.1 Å². The molecule has 2 N–H and O–H groups in total. The third-order valence-electron chi connectivity index (χ3n) is 1.87. The van der Waals surface area contributed by atoms with Crippen LogP contribution in [-0.2, 0) is 0 Å². The van der Waals surface area contributed by atoms with Gasteiger partial charge < -0.3 is 5.32 Å². The van der Waals surface area contributed by atoms with Gasteiger partial charge in [-0.25, -0.2) is 19.3 Å². The Bertz CT molecular complexity index is 486. The lowest BCUT2D eigenvalue weighted by atomic mass is 10.4. The van der Waals surface area contributed by atoms with Crippen LogP contribution in [0.15, 0.2) is 17.2 Å². The number of fused-ring (bicyclic) bond motifs is 1. The van der Waals surface area contributed by atoms with E-state index in [0.29, 0.717) is 5.65 Å². The molecule has 2 aromatic heterocycles. The summed E-state index contributed by atoms with van der Waals surface area (Å²) in [6.45, 7) is 2.93.